The van der Waals surface area contributed by atoms with Crippen LogP contribution in [0.1, 0.15) is 56.7 Å². The number of hydrogen-bond acceptors (Lipinski definition) is 3. The Morgan fingerprint density at radius 1 is 1.03 bits per heavy atom. The summed E-state index contributed by atoms with van der Waals surface area (Å²) in [4.78, 5) is 27.4. The van der Waals surface area contributed by atoms with Gasteiger partial charge < -0.3 is 15.0 Å². The summed E-state index contributed by atoms with van der Waals surface area (Å²) in [5.41, 5.74) is 3.33. The zero-order valence-corrected chi connectivity index (χ0v) is 18.8. The third-order valence-corrected chi connectivity index (χ3v) is 5.25. The molecule has 2 amide bonds. The fourth-order valence-corrected chi connectivity index (χ4v) is 3.36. The molecule has 1 N–H and O–H groups in total. The van der Waals surface area contributed by atoms with Crippen molar-refractivity contribution in [1.82, 2.24) is 10.2 Å². The number of carbonyl (C=O) groups is 2. The Hall–Kier alpha value is -2.82. The minimum Gasteiger partial charge on any atom is -0.484 e. The van der Waals surface area contributed by atoms with E-state index in [-0.39, 0.29) is 18.4 Å². The molecule has 0 aliphatic rings. The second-order valence-corrected chi connectivity index (χ2v) is 7.78. The molecular weight excluding hydrogens is 376 g/mol. The van der Waals surface area contributed by atoms with Crippen molar-refractivity contribution in [2.75, 3.05) is 13.2 Å². The van der Waals surface area contributed by atoms with E-state index in [0.717, 1.165) is 11.1 Å². The molecule has 30 heavy (non-hydrogen) atoms. The summed E-state index contributed by atoms with van der Waals surface area (Å²) in [7, 11) is 0. The highest BCUT2D eigenvalue weighted by Gasteiger charge is 2.28. The second-order valence-electron chi connectivity index (χ2n) is 7.78. The van der Waals surface area contributed by atoms with E-state index in [1.54, 1.807) is 4.90 Å². The predicted molar refractivity (Wildman–Crippen MR) is 121 cm³/mol. The number of carbonyl (C=O) groups excluding carboxylic acids is 2. The van der Waals surface area contributed by atoms with Crippen molar-refractivity contribution in [3.63, 3.8) is 0 Å². The van der Waals surface area contributed by atoms with E-state index in [1.165, 1.54) is 5.56 Å². The number of likely N-dealkylation sites (N-methyl/N-ethyl adjacent to an activating group) is 1. The van der Waals surface area contributed by atoms with Crippen LogP contribution in [-0.4, -0.2) is 35.9 Å². The van der Waals surface area contributed by atoms with Crippen molar-refractivity contribution in [1.29, 1.82) is 0 Å². The molecule has 5 heteroatoms. The Morgan fingerprint density at radius 3 is 2.27 bits per heavy atom. The number of aryl methyl sites for hydroxylation is 1. The zero-order chi connectivity index (χ0) is 22.1. The van der Waals surface area contributed by atoms with Gasteiger partial charge in [-0.1, -0.05) is 57.2 Å². The fraction of sp³-hybridized carbons (Fsp3) is 0.440. The molecule has 0 heterocycles. The van der Waals surface area contributed by atoms with Gasteiger partial charge in [-0.25, -0.2) is 0 Å². The largest absolute Gasteiger partial charge is 0.484 e. The lowest BCUT2D eigenvalue weighted by atomic mass is 10.0. The van der Waals surface area contributed by atoms with Crippen LogP contribution in [0.5, 0.6) is 5.75 Å². The van der Waals surface area contributed by atoms with E-state index >= 15 is 0 Å². The molecule has 0 unspecified atom stereocenters. The average molecular weight is 411 g/mol. The molecule has 0 aliphatic heterocycles. The van der Waals surface area contributed by atoms with Crippen LogP contribution in [0.25, 0.3) is 0 Å². The summed E-state index contributed by atoms with van der Waals surface area (Å²) in [6.45, 7) is 10.9. The topological polar surface area (TPSA) is 58.6 Å². The summed E-state index contributed by atoms with van der Waals surface area (Å²) in [5, 5.41) is 2.85. The van der Waals surface area contributed by atoms with Crippen LogP contribution in [0.15, 0.2) is 48.5 Å². The Labute approximate surface area is 180 Å². The third-order valence-electron chi connectivity index (χ3n) is 5.25. The van der Waals surface area contributed by atoms with Crippen LogP contribution >= 0.6 is 0 Å². The second kappa shape index (κ2) is 11.4. The van der Waals surface area contributed by atoms with Crippen LogP contribution in [0, 0.1) is 6.92 Å². The lowest BCUT2D eigenvalue weighted by molar-refractivity contribution is -0.142. The molecule has 0 radical (unpaired) electrons. The maximum Gasteiger partial charge on any atom is 0.261 e. The third kappa shape index (κ3) is 6.34. The quantitative estimate of drug-likeness (QED) is 0.630. The number of amides is 2. The molecule has 0 saturated carbocycles. The molecule has 0 saturated heterocycles. The summed E-state index contributed by atoms with van der Waals surface area (Å²) < 4.78 is 5.76. The van der Waals surface area contributed by atoms with Crippen LogP contribution < -0.4 is 10.1 Å². The van der Waals surface area contributed by atoms with E-state index in [2.05, 4.69) is 19.2 Å². The van der Waals surface area contributed by atoms with Gasteiger partial charge in [-0.05, 0) is 55.0 Å². The van der Waals surface area contributed by atoms with Crippen LogP contribution in [-0.2, 0) is 16.1 Å². The summed E-state index contributed by atoms with van der Waals surface area (Å²) in [6.07, 6.45) is 0.534. The van der Waals surface area contributed by atoms with Crippen LogP contribution in [0.2, 0.25) is 0 Å². The first-order valence-electron chi connectivity index (χ1n) is 10.7. The molecule has 0 spiro atoms. The van der Waals surface area contributed by atoms with Gasteiger partial charge in [0.1, 0.15) is 11.8 Å². The van der Waals surface area contributed by atoms with Crippen molar-refractivity contribution in [2.45, 2.75) is 59.5 Å². The monoisotopic (exact) mass is 410 g/mol. The molecule has 0 aromatic heterocycles. The fourth-order valence-electron chi connectivity index (χ4n) is 3.36. The molecule has 2 aromatic rings. The Kier molecular flexibility index (Phi) is 8.90. The lowest BCUT2D eigenvalue weighted by Gasteiger charge is -2.31. The maximum atomic E-state index is 13.1. The maximum absolute atomic E-state index is 13.1. The number of ether oxygens (including phenoxy) is 1. The number of rotatable bonds is 10. The highest BCUT2D eigenvalue weighted by Crippen LogP contribution is 2.20. The molecule has 2 rings (SSSR count). The van der Waals surface area contributed by atoms with Crippen molar-refractivity contribution >= 4 is 11.8 Å². The lowest BCUT2D eigenvalue weighted by Crippen LogP contribution is -2.50. The van der Waals surface area contributed by atoms with Gasteiger partial charge in [0.2, 0.25) is 5.91 Å². The minimum atomic E-state index is -0.538. The smallest absolute Gasteiger partial charge is 0.261 e. The van der Waals surface area contributed by atoms with Gasteiger partial charge in [0.05, 0.1) is 0 Å². The molecular formula is C25H34N2O3. The molecule has 5 nitrogen and oxygen atoms in total. The summed E-state index contributed by atoms with van der Waals surface area (Å²) >= 11 is 0. The van der Waals surface area contributed by atoms with E-state index in [4.69, 9.17) is 4.74 Å². The van der Waals surface area contributed by atoms with E-state index < -0.39 is 6.04 Å². The highest BCUT2D eigenvalue weighted by atomic mass is 16.5. The van der Waals surface area contributed by atoms with E-state index in [1.807, 2.05) is 69.3 Å². The minimum absolute atomic E-state index is 0.108. The summed E-state index contributed by atoms with van der Waals surface area (Å²) in [5.74, 6) is 0.745. The van der Waals surface area contributed by atoms with Crippen molar-refractivity contribution < 1.29 is 14.3 Å². The van der Waals surface area contributed by atoms with Gasteiger partial charge in [0.25, 0.3) is 5.91 Å². The van der Waals surface area contributed by atoms with Crippen molar-refractivity contribution in [3.8, 4) is 5.75 Å². The molecule has 0 bridgehead atoms. The standard InChI is InChI=1S/C25H34N2O3/c1-6-23(25(29)26-7-2)27(16-21-11-9-8-10-19(21)5)24(28)17-30-22-14-12-20(13-15-22)18(3)4/h8-15,18,23H,6-7,16-17H2,1-5H3,(H,26,29)/t23-/m1/s1. The Morgan fingerprint density at radius 2 is 1.70 bits per heavy atom. The van der Waals surface area contributed by atoms with Crippen molar-refractivity contribution in [3.05, 3.63) is 65.2 Å². The average Bonchev–Trinajstić information content (AvgIpc) is 2.73. The van der Waals surface area contributed by atoms with Gasteiger partial charge in [0.15, 0.2) is 6.61 Å². The zero-order valence-electron chi connectivity index (χ0n) is 18.8. The first-order valence-corrected chi connectivity index (χ1v) is 10.7. The van der Waals surface area contributed by atoms with Gasteiger partial charge in [-0.3, -0.25) is 9.59 Å². The van der Waals surface area contributed by atoms with Gasteiger partial charge >= 0.3 is 0 Å². The molecule has 2 aromatic carbocycles. The first-order chi connectivity index (χ1) is 14.4. The predicted octanol–water partition coefficient (Wildman–Crippen LogP) is 4.44. The van der Waals surface area contributed by atoms with Gasteiger partial charge in [-0.15, -0.1) is 0 Å². The Bertz CT molecular complexity index is 831. The van der Waals surface area contributed by atoms with Crippen LogP contribution in [0.4, 0.5) is 0 Å². The molecule has 0 aliphatic carbocycles. The number of hydrogen-bond donors (Lipinski definition) is 1. The Balaban J connectivity index is 2.18. The molecule has 0 fully saturated rings. The molecule has 162 valence electrons. The normalized spacial score (nSPS) is 11.8. The van der Waals surface area contributed by atoms with Crippen molar-refractivity contribution in [2.24, 2.45) is 0 Å². The number of nitrogens with zero attached hydrogens (tertiary/aromatic N) is 1. The first kappa shape index (κ1) is 23.5. The summed E-state index contributed by atoms with van der Waals surface area (Å²) in [6, 6.07) is 15.2. The number of benzene rings is 2. The number of nitrogens with one attached hydrogen (secondary N) is 1. The van der Waals surface area contributed by atoms with Gasteiger partial charge in [0, 0.05) is 13.1 Å². The van der Waals surface area contributed by atoms with E-state index in [9.17, 15) is 9.59 Å². The van der Waals surface area contributed by atoms with E-state index in [0.29, 0.717) is 31.2 Å². The van der Waals surface area contributed by atoms with Crippen LogP contribution in [0.3, 0.4) is 0 Å². The van der Waals surface area contributed by atoms with Gasteiger partial charge in [-0.2, -0.15) is 0 Å². The molecule has 1 atom stereocenters. The highest BCUT2D eigenvalue weighted by molar-refractivity contribution is 5.88. The SMILES string of the molecule is CCNC(=O)[C@@H](CC)N(Cc1ccccc1C)C(=O)COc1ccc(C(C)C)cc1.